The first-order chi connectivity index (χ1) is 11.7. The lowest BCUT2D eigenvalue weighted by Crippen LogP contribution is -2.32. The molecule has 1 aliphatic rings. The van der Waals surface area contributed by atoms with Gasteiger partial charge in [0.2, 0.25) is 0 Å². The average Bonchev–Trinajstić information content (AvgIpc) is 2.61. The number of carbonyl (C=O) groups is 1. The Morgan fingerprint density at radius 2 is 2.17 bits per heavy atom. The van der Waals surface area contributed by atoms with E-state index >= 15 is 0 Å². The zero-order chi connectivity index (χ0) is 17.2. The number of benzene rings is 1. The number of hydrogen-bond acceptors (Lipinski definition) is 5. The van der Waals surface area contributed by atoms with E-state index in [1.807, 2.05) is 30.3 Å². The van der Waals surface area contributed by atoms with E-state index in [1.54, 1.807) is 6.08 Å². The van der Waals surface area contributed by atoms with E-state index in [-0.39, 0.29) is 12.2 Å². The first kappa shape index (κ1) is 18.8. The summed E-state index contributed by atoms with van der Waals surface area (Å²) < 4.78 is 10.9. The molecule has 0 aromatic heterocycles. The van der Waals surface area contributed by atoms with Crippen LogP contribution in [0.2, 0.25) is 0 Å². The van der Waals surface area contributed by atoms with Gasteiger partial charge in [0.05, 0.1) is 12.7 Å². The van der Waals surface area contributed by atoms with Crippen LogP contribution in [0.4, 0.5) is 0 Å². The Morgan fingerprint density at radius 3 is 2.92 bits per heavy atom. The normalized spacial score (nSPS) is 22.6. The molecule has 0 aliphatic carbocycles. The number of carbonyl (C=O) groups excluding carboxylic acids is 1. The molecule has 3 atom stereocenters. The molecule has 2 rings (SSSR count). The standard InChI is InChI=1S/C19H26O5/c20-16(8-4-12-23-14-15-6-2-1-3-7-15)17(21)10-11-19-18(22)9-5-13-24-19/h1-3,6-7,10-11,17-19,21-22H,4-5,8-9,12-14H2/b11-10-/t17?,18-,19+/m0/s1. The van der Waals surface area contributed by atoms with Crippen LogP contribution in [0.5, 0.6) is 0 Å². The minimum absolute atomic E-state index is 0.250. The number of ether oxygens (including phenoxy) is 2. The lowest BCUT2D eigenvalue weighted by Gasteiger charge is -2.25. The van der Waals surface area contributed by atoms with Gasteiger partial charge in [-0.25, -0.2) is 0 Å². The Bertz CT molecular complexity index is 514. The number of ketones is 1. The predicted octanol–water partition coefficient (Wildman–Crippen LogP) is 2.01. The van der Waals surface area contributed by atoms with Crippen molar-refractivity contribution in [1.29, 1.82) is 0 Å². The minimum atomic E-state index is -1.16. The number of aliphatic hydroxyl groups excluding tert-OH is 2. The third kappa shape index (κ3) is 6.53. The fourth-order valence-corrected chi connectivity index (χ4v) is 2.55. The van der Waals surface area contributed by atoms with Gasteiger partial charge in [-0.1, -0.05) is 42.5 Å². The molecular formula is C19H26O5. The predicted molar refractivity (Wildman–Crippen MR) is 90.5 cm³/mol. The van der Waals surface area contributed by atoms with Crippen molar-refractivity contribution in [2.75, 3.05) is 13.2 Å². The van der Waals surface area contributed by atoms with Crippen molar-refractivity contribution < 1.29 is 24.5 Å². The van der Waals surface area contributed by atoms with Gasteiger partial charge in [0.1, 0.15) is 12.2 Å². The summed E-state index contributed by atoms with van der Waals surface area (Å²) in [5.41, 5.74) is 1.10. The zero-order valence-electron chi connectivity index (χ0n) is 13.8. The van der Waals surface area contributed by atoms with E-state index in [9.17, 15) is 15.0 Å². The second-order valence-corrected chi connectivity index (χ2v) is 5.98. The van der Waals surface area contributed by atoms with Gasteiger partial charge in [-0.05, 0) is 24.8 Å². The third-order valence-electron chi connectivity index (χ3n) is 3.97. The van der Waals surface area contributed by atoms with Gasteiger partial charge in [-0.2, -0.15) is 0 Å². The lowest BCUT2D eigenvalue weighted by atomic mass is 10.0. The highest BCUT2D eigenvalue weighted by Crippen LogP contribution is 2.15. The van der Waals surface area contributed by atoms with Gasteiger partial charge in [-0.3, -0.25) is 4.79 Å². The average molecular weight is 334 g/mol. The van der Waals surface area contributed by atoms with Crippen LogP contribution < -0.4 is 0 Å². The molecule has 1 heterocycles. The fraction of sp³-hybridized carbons (Fsp3) is 0.526. The summed E-state index contributed by atoms with van der Waals surface area (Å²) in [6.07, 6.45) is 3.17. The summed E-state index contributed by atoms with van der Waals surface area (Å²) >= 11 is 0. The van der Waals surface area contributed by atoms with Gasteiger partial charge in [-0.15, -0.1) is 0 Å². The first-order valence-electron chi connectivity index (χ1n) is 8.47. The topological polar surface area (TPSA) is 76.0 Å². The molecule has 1 fully saturated rings. The van der Waals surface area contributed by atoms with E-state index in [1.165, 1.54) is 6.08 Å². The second-order valence-electron chi connectivity index (χ2n) is 5.98. The molecule has 5 nitrogen and oxygen atoms in total. The number of aliphatic hydroxyl groups is 2. The maximum absolute atomic E-state index is 11.9. The summed E-state index contributed by atoms with van der Waals surface area (Å²) in [6.45, 7) is 1.59. The quantitative estimate of drug-likeness (QED) is 0.534. The molecule has 1 aromatic carbocycles. The molecule has 24 heavy (non-hydrogen) atoms. The Labute approximate surface area is 142 Å². The van der Waals surface area contributed by atoms with E-state index in [0.29, 0.717) is 32.7 Å². The largest absolute Gasteiger partial charge is 0.390 e. The molecule has 0 spiro atoms. The molecule has 1 saturated heterocycles. The zero-order valence-corrected chi connectivity index (χ0v) is 13.8. The van der Waals surface area contributed by atoms with Gasteiger partial charge >= 0.3 is 0 Å². The van der Waals surface area contributed by atoms with E-state index < -0.39 is 18.3 Å². The molecular weight excluding hydrogens is 308 g/mol. The monoisotopic (exact) mass is 334 g/mol. The van der Waals surface area contributed by atoms with E-state index in [4.69, 9.17) is 9.47 Å². The van der Waals surface area contributed by atoms with Crippen LogP contribution in [0.15, 0.2) is 42.5 Å². The highest BCUT2D eigenvalue weighted by Gasteiger charge is 2.22. The minimum Gasteiger partial charge on any atom is -0.390 e. The Hall–Kier alpha value is -1.53. The van der Waals surface area contributed by atoms with Gasteiger partial charge in [0.15, 0.2) is 5.78 Å². The summed E-state index contributed by atoms with van der Waals surface area (Å²) in [4.78, 5) is 11.9. The molecule has 0 saturated carbocycles. The van der Waals surface area contributed by atoms with Crippen LogP contribution in [-0.4, -0.2) is 47.5 Å². The van der Waals surface area contributed by atoms with Gasteiger partial charge in [0.25, 0.3) is 0 Å². The number of rotatable bonds is 9. The molecule has 0 bridgehead atoms. The van der Waals surface area contributed by atoms with Crippen LogP contribution in [0.3, 0.4) is 0 Å². The fourth-order valence-electron chi connectivity index (χ4n) is 2.55. The van der Waals surface area contributed by atoms with Crippen molar-refractivity contribution >= 4 is 5.78 Å². The maximum Gasteiger partial charge on any atom is 0.165 e. The van der Waals surface area contributed by atoms with Crippen LogP contribution in [0, 0.1) is 0 Å². The van der Waals surface area contributed by atoms with Crippen LogP contribution in [0.25, 0.3) is 0 Å². The third-order valence-corrected chi connectivity index (χ3v) is 3.97. The molecule has 5 heteroatoms. The Balaban J connectivity index is 1.61. The molecule has 1 unspecified atom stereocenters. The summed E-state index contributed by atoms with van der Waals surface area (Å²) in [5, 5.41) is 19.6. The Morgan fingerprint density at radius 1 is 1.38 bits per heavy atom. The van der Waals surface area contributed by atoms with Crippen LogP contribution in [0.1, 0.15) is 31.2 Å². The van der Waals surface area contributed by atoms with Crippen molar-refractivity contribution in [3.05, 3.63) is 48.0 Å². The molecule has 0 amide bonds. The van der Waals surface area contributed by atoms with Crippen LogP contribution >= 0.6 is 0 Å². The van der Waals surface area contributed by atoms with Gasteiger partial charge < -0.3 is 19.7 Å². The lowest BCUT2D eigenvalue weighted by molar-refractivity contribution is -0.125. The van der Waals surface area contributed by atoms with E-state index in [0.717, 1.165) is 12.0 Å². The maximum atomic E-state index is 11.9. The summed E-state index contributed by atoms with van der Waals surface area (Å²) in [6, 6.07) is 9.84. The smallest absolute Gasteiger partial charge is 0.165 e. The second kappa shape index (κ2) is 10.4. The van der Waals surface area contributed by atoms with Crippen molar-refractivity contribution in [3.63, 3.8) is 0 Å². The van der Waals surface area contributed by atoms with Gasteiger partial charge in [0, 0.05) is 19.6 Å². The molecule has 1 aromatic rings. The molecule has 132 valence electrons. The molecule has 0 radical (unpaired) electrons. The van der Waals surface area contributed by atoms with Crippen molar-refractivity contribution in [2.45, 2.75) is 50.6 Å². The first-order valence-corrected chi connectivity index (χ1v) is 8.47. The SMILES string of the molecule is O=C(CCCOCc1ccccc1)C(O)/C=C\[C@H]1OCCC[C@@H]1O. The highest BCUT2D eigenvalue weighted by atomic mass is 16.5. The highest BCUT2D eigenvalue weighted by molar-refractivity contribution is 5.84. The summed E-state index contributed by atoms with van der Waals surface area (Å²) in [7, 11) is 0. The number of Topliss-reactive ketones (excluding diaryl/α,β-unsaturated/α-hetero) is 1. The Kier molecular flexibility index (Phi) is 8.12. The van der Waals surface area contributed by atoms with Crippen molar-refractivity contribution in [3.8, 4) is 0 Å². The molecule has 1 aliphatic heterocycles. The van der Waals surface area contributed by atoms with Crippen molar-refractivity contribution in [1.82, 2.24) is 0 Å². The van der Waals surface area contributed by atoms with Crippen LogP contribution in [-0.2, 0) is 20.9 Å². The molecule has 2 N–H and O–H groups in total. The van der Waals surface area contributed by atoms with E-state index in [2.05, 4.69) is 0 Å². The summed E-state index contributed by atoms with van der Waals surface area (Å²) in [5.74, 6) is -0.250. The number of hydrogen-bond donors (Lipinski definition) is 2. The van der Waals surface area contributed by atoms with Crippen molar-refractivity contribution in [2.24, 2.45) is 0 Å².